The van der Waals surface area contributed by atoms with E-state index in [1.807, 2.05) is 0 Å². The van der Waals surface area contributed by atoms with Crippen LogP contribution in [0.4, 0.5) is 5.69 Å². The second-order valence-corrected chi connectivity index (χ2v) is 7.69. The van der Waals surface area contributed by atoms with Gasteiger partial charge in [-0.25, -0.2) is 4.57 Å². The molecule has 1 heterocycles. The lowest BCUT2D eigenvalue weighted by atomic mass is 10.2. The minimum Gasteiger partial charge on any atom is -0.480 e. The van der Waals surface area contributed by atoms with Crippen LogP contribution in [0.25, 0.3) is 0 Å². The van der Waals surface area contributed by atoms with E-state index in [-0.39, 0.29) is 23.7 Å². The molecule has 10 heteroatoms. The number of nitro groups is 1. The normalized spacial score (nSPS) is 19.2. The Balaban J connectivity index is 1.92. The first-order chi connectivity index (χ1) is 12.9. The third-order valence-corrected chi connectivity index (χ3v) is 6.05. The molecule has 0 aromatic heterocycles. The average molecular weight is 392 g/mol. The molecule has 2 atom stereocenters. The molecule has 0 spiro atoms. The van der Waals surface area contributed by atoms with Gasteiger partial charge in [0.15, 0.2) is 0 Å². The number of para-hydroxylation sites is 1. The fourth-order valence-corrected chi connectivity index (χ4v) is 4.76. The zero-order valence-corrected chi connectivity index (χ0v) is 15.0. The minimum atomic E-state index is -4.08. The first-order valence-corrected chi connectivity index (χ1v) is 9.67. The highest BCUT2D eigenvalue weighted by molar-refractivity contribution is 7.52. The molecular weight excluding hydrogens is 375 g/mol. The summed E-state index contributed by atoms with van der Waals surface area (Å²) in [6, 6.07) is 12.3. The molecule has 0 aliphatic carbocycles. The van der Waals surface area contributed by atoms with Gasteiger partial charge in [0.1, 0.15) is 17.5 Å². The molecule has 27 heavy (non-hydrogen) atoms. The van der Waals surface area contributed by atoms with Crippen molar-refractivity contribution in [3.05, 3.63) is 64.7 Å². The first-order valence-electron chi connectivity index (χ1n) is 8.18. The van der Waals surface area contributed by atoms with E-state index in [4.69, 9.17) is 9.05 Å². The van der Waals surface area contributed by atoms with E-state index in [9.17, 15) is 24.6 Å². The Hall–Kier alpha value is -2.90. The second-order valence-electron chi connectivity index (χ2n) is 5.87. The fraction of sp³-hybridized carbons (Fsp3) is 0.235. The SMILES string of the molecule is O=C(O)[C@@H]1CCCN1P(=O)(Oc1ccccc1)Oc1ccc([N+](=O)[O-])cc1. The van der Waals surface area contributed by atoms with Crippen molar-refractivity contribution in [1.82, 2.24) is 4.67 Å². The highest BCUT2D eigenvalue weighted by atomic mass is 31.2. The molecule has 0 radical (unpaired) electrons. The first kappa shape index (κ1) is 18.9. The van der Waals surface area contributed by atoms with Gasteiger partial charge in [0.2, 0.25) is 0 Å². The van der Waals surface area contributed by atoms with Gasteiger partial charge in [-0.3, -0.25) is 14.9 Å². The van der Waals surface area contributed by atoms with Crippen LogP contribution in [-0.4, -0.2) is 33.3 Å². The highest BCUT2D eigenvalue weighted by Crippen LogP contribution is 2.55. The summed E-state index contributed by atoms with van der Waals surface area (Å²) in [4.78, 5) is 21.7. The molecule has 1 aliphatic heterocycles. The molecule has 1 fully saturated rings. The van der Waals surface area contributed by atoms with Crippen molar-refractivity contribution in [2.75, 3.05) is 6.54 Å². The van der Waals surface area contributed by atoms with E-state index in [0.29, 0.717) is 12.8 Å². The largest absolute Gasteiger partial charge is 0.516 e. The summed E-state index contributed by atoms with van der Waals surface area (Å²) in [6.07, 6.45) is 0.851. The average Bonchev–Trinajstić information content (AvgIpc) is 3.14. The standard InChI is InChI=1S/C17H17N2O7P/c20-17(21)16-7-4-12-18(16)27(24,25-14-5-2-1-3-6-14)26-15-10-8-13(9-11-15)19(22)23/h1-3,5-6,8-11,16H,4,7,12H2,(H,20,21)/t16-,27?/m0/s1. The van der Waals surface area contributed by atoms with E-state index in [1.165, 1.54) is 28.9 Å². The van der Waals surface area contributed by atoms with E-state index in [1.54, 1.807) is 30.3 Å². The van der Waals surface area contributed by atoms with Crippen LogP contribution in [0.3, 0.4) is 0 Å². The third-order valence-electron chi connectivity index (χ3n) is 4.06. The van der Waals surface area contributed by atoms with E-state index in [0.717, 1.165) is 0 Å². The molecule has 142 valence electrons. The Bertz CT molecular complexity index is 873. The molecule has 1 aliphatic rings. The lowest BCUT2D eigenvalue weighted by Crippen LogP contribution is -2.36. The topological polar surface area (TPSA) is 119 Å². The van der Waals surface area contributed by atoms with Crippen molar-refractivity contribution in [3.63, 3.8) is 0 Å². The zero-order valence-electron chi connectivity index (χ0n) is 14.1. The van der Waals surface area contributed by atoms with Gasteiger partial charge >= 0.3 is 13.7 Å². The van der Waals surface area contributed by atoms with E-state index in [2.05, 4.69) is 0 Å². The molecule has 0 amide bonds. The highest BCUT2D eigenvalue weighted by Gasteiger charge is 2.47. The summed E-state index contributed by atoms with van der Waals surface area (Å²) < 4.78 is 26.0. The van der Waals surface area contributed by atoms with Crippen LogP contribution in [0.5, 0.6) is 11.5 Å². The summed E-state index contributed by atoms with van der Waals surface area (Å²) in [5.74, 6) is -0.772. The van der Waals surface area contributed by atoms with Crippen molar-refractivity contribution in [2.45, 2.75) is 18.9 Å². The summed E-state index contributed by atoms with van der Waals surface area (Å²) in [7, 11) is -4.08. The lowest BCUT2D eigenvalue weighted by molar-refractivity contribution is -0.384. The van der Waals surface area contributed by atoms with Crippen LogP contribution in [0.15, 0.2) is 54.6 Å². The lowest BCUT2D eigenvalue weighted by Gasteiger charge is -2.29. The van der Waals surface area contributed by atoms with Crippen LogP contribution in [0, 0.1) is 10.1 Å². The van der Waals surface area contributed by atoms with Crippen LogP contribution in [0.2, 0.25) is 0 Å². The zero-order chi connectivity index (χ0) is 19.4. The van der Waals surface area contributed by atoms with Gasteiger partial charge in [0, 0.05) is 18.7 Å². The van der Waals surface area contributed by atoms with Crippen molar-refractivity contribution in [3.8, 4) is 11.5 Å². The number of nitrogens with zero attached hydrogens (tertiary/aromatic N) is 2. The molecule has 1 N–H and O–H groups in total. The van der Waals surface area contributed by atoms with Gasteiger partial charge < -0.3 is 14.2 Å². The van der Waals surface area contributed by atoms with Crippen molar-refractivity contribution < 1.29 is 28.4 Å². The second kappa shape index (κ2) is 7.77. The van der Waals surface area contributed by atoms with Gasteiger partial charge in [0.25, 0.3) is 5.69 Å². The number of aliphatic carboxylic acids is 1. The fourth-order valence-electron chi connectivity index (χ4n) is 2.80. The van der Waals surface area contributed by atoms with Gasteiger partial charge in [-0.15, -0.1) is 0 Å². The number of carbonyl (C=O) groups is 1. The number of carboxylic acids is 1. The molecule has 2 aromatic carbocycles. The Morgan fingerprint density at radius 2 is 1.70 bits per heavy atom. The number of hydrogen-bond donors (Lipinski definition) is 1. The predicted octanol–water partition coefficient (Wildman–Crippen LogP) is 3.71. The summed E-state index contributed by atoms with van der Waals surface area (Å²) >= 11 is 0. The number of benzene rings is 2. The smallest absolute Gasteiger partial charge is 0.480 e. The van der Waals surface area contributed by atoms with Gasteiger partial charge in [-0.05, 0) is 37.1 Å². The number of nitro benzene ring substituents is 1. The maximum atomic E-state index is 13.6. The number of non-ortho nitro benzene ring substituents is 1. The Labute approximate surface area is 154 Å². The molecule has 3 rings (SSSR count). The Morgan fingerprint density at radius 1 is 1.11 bits per heavy atom. The quantitative estimate of drug-likeness (QED) is 0.430. The molecule has 2 aromatic rings. The van der Waals surface area contributed by atoms with Crippen LogP contribution in [-0.2, 0) is 9.36 Å². The molecule has 0 bridgehead atoms. The third kappa shape index (κ3) is 4.27. The monoisotopic (exact) mass is 392 g/mol. The molecular formula is C17H17N2O7P. The van der Waals surface area contributed by atoms with E-state index < -0.39 is 24.7 Å². The van der Waals surface area contributed by atoms with Crippen molar-refractivity contribution in [2.24, 2.45) is 0 Å². The minimum absolute atomic E-state index is 0.0795. The van der Waals surface area contributed by atoms with E-state index >= 15 is 0 Å². The number of carboxylic acid groups (broad SMARTS) is 1. The van der Waals surface area contributed by atoms with Crippen molar-refractivity contribution >= 4 is 19.4 Å². The predicted molar refractivity (Wildman–Crippen MR) is 95.8 cm³/mol. The molecule has 0 saturated carbocycles. The summed E-state index contributed by atoms with van der Waals surface area (Å²) in [5, 5.41) is 20.2. The maximum Gasteiger partial charge on any atom is 0.516 e. The van der Waals surface area contributed by atoms with Gasteiger partial charge in [0.05, 0.1) is 4.92 Å². The van der Waals surface area contributed by atoms with Crippen LogP contribution in [0.1, 0.15) is 12.8 Å². The van der Waals surface area contributed by atoms with Gasteiger partial charge in [-0.1, -0.05) is 18.2 Å². The van der Waals surface area contributed by atoms with Crippen LogP contribution >= 0.6 is 7.75 Å². The Morgan fingerprint density at radius 3 is 2.26 bits per heavy atom. The van der Waals surface area contributed by atoms with Crippen molar-refractivity contribution in [1.29, 1.82) is 0 Å². The Kier molecular flexibility index (Phi) is 5.43. The summed E-state index contributed by atoms with van der Waals surface area (Å²) in [5.41, 5.74) is -0.147. The summed E-state index contributed by atoms with van der Waals surface area (Å²) in [6.45, 7) is 0.230. The maximum absolute atomic E-state index is 13.6. The molecule has 1 saturated heterocycles. The molecule has 1 unspecified atom stereocenters. The number of hydrogen-bond acceptors (Lipinski definition) is 6. The molecule has 9 nitrogen and oxygen atoms in total. The van der Waals surface area contributed by atoms with Crippen LogP contribution < -0.4 is 9.05 Å². The number of rotatable bonds is 7. The van der Waals surface area contributed by atoms with Gasteiger partial charge in [-0.2, -0.15) is 4.67 Å².